The van der Waals surface area contributed by atoms with Crippen LogP contribution in [0.25, 0.3) is 16.7 Å². The highest BCUT2D eigenvalue weighted by Gasteiger charge is 2.33. The molecular weight excluding hydrogens is 422 g/mol. The first-order valence-corrected chi connectivity index (χ1v) is 11.6. The van der Waals surface area contributed by atoms with Gasteiger partial charge in [0.05, 0.1) is 5.70 Å². The van der Waals surface area contributed by atoms with Crippen LogP contribution in [0.4, 0.5) is 5.69 Å². The monoisotopic (exact) mass is 443 g/mol. The van der Waals surface area contributed by atoms with Crippen molar-refractivity contribution in [1.82, 2.24) is 9.47 Å². The number of rotatable bonds is 3. The van der Waals surface area contributed by atoms with Crippen LogP contribution in [0.1, 0.15) is 26.3 Å². The fourth-order valence-electron chi connectivity index (χ4n) is 3.63. The number of likely N-dealkylation sites (N-methyl/N-ethyl adjacent to an activating group) is 1. The lowest BCUT2D eigenvalue weighted by Gasteiger charge is -2.28. The molecule has 3 heterocycles. The third kappa shape index (κ3) is 3.19. The van der Waals surface area contributed by atoms with Crippen molar-refractivity contribution in [2.24, 2.45) is 0 Å². The van der Waals surface area contributed by atoms with Gasteiger partial charge in [-0.2, -0.15) is 0 Å². The van der Waals surface area contributed by atoms with Gasteiger partial charge in [0, 0.05) is 25.3 Å². The minimum absolute atomic E-state index is 0.0632. The van der Waals surface area contributed by atoms with E-state index in [9.17, 15) is 9.59 Å². The Labute approximate surface area is 182 Å². The van der Waals surface area contributed by atoms with E-state index >= 15 is 0 Å². The summed E-state index contributed by atoms with van der Waals surface area (Å²) in [6, 6.07) is 8.15. The lowest BCUT2D eigenvalue weighted by molar-refractivity contribution is -0.120. The van der Waals surface area contributed by atoms with Crippen LogP contribution in [0, 0.1) is 0 Å². The highest BCUT2D eigenvalue weighted by Crippen LogP contribution is 2.32. The zero-order valence-corrected chi connectivity index (χ0v) is 18.9. The summed E-state index contributed by atoms with van der Waals surface area (Å²) in [5.74, 6) is -0.112. The summed E-state index contributed by atoms with van der Waals surface area (Å²) in [6.45, 7) is 7.68. The molecule has 0 N–H and O–H groups in total. The molecule has 29 heavy (non-hydrogen) atoms. The van der Waals surface area contributed by atoms with Crippen LogP contribution in [0.3, 0.4) is 0 Å². The Morgan fingerprint density at radius 2 is 1.69 bits per heavy atom. The molecule has 4 rings (SSSR count). The molecule has 1 amide bonds. The van der Waals surface area contributed by atoms with Crippen LogP contribution in [-0.4, -0.2) is 32.8 Å². The summed E-state index contributed by atoms with van der Waals surface area (Å²) >= 11 is 8.03. The van der Waals surface area contributed by atoms with Crippen LogP contribution in [0.2, 0.25) is 0 Å². The highest BCUT2D eigenvalue weighted by molar-refractivity contribution is 8.30. The molecule has 5 nitrogen and oxygen atoms in total. The molecule has 2 aromatic rings. The molecule has 0 bridgehead atoms. The summed E-state index contributed by atoms with van der Waals surface area (Å²) < 4.78 is 3.58. The molecule has 1 fully saturated rings. The number of hydrogen-bond acceptors (Lipinski definition) is 6. The van der Waals surface area contributed by atoms with Crippen LogP contribution < -0.4 is 19.7 Å². The van der Waals surface area contributed by atoms with E-state index in [-0.39, 0.29) is 11.5 Å². The number of para-hydroxylation sites is 1. The largest absolute Gasteiger partial charge is 0.340 e. The van der Waals surface area contributed by atoms with E-state index in [4.69, 9.17) is 12.2 Å². The van der Waals surface area contributed by atoms with Gasteiger partial charge in [-0.25, -0.2) is 0 Å². The average molecular weight is 444 g/mol. The van der Waals surface area contributed by atoms with Gasteiger partial charge < -0.3 is 4.90 Å². The van der Waals surface area contributed by atoms with Crippen molar-refractivity contribution in [2.45, 2.75) is 27.3 Å². The van der Waals surface area contributed by atoms with Gasteiger partial charge in [0.15, 0.2) is 0 Å². The maximum Gasteiger partial charge on any atom is 0.271 e. The first-order valence-electron chi connectivity index (χ1n) is 9.58. The molecule has 8 heteroatoms. The predicted molar refractivity (Wildman–Crippen MR) is 126 cm³/mol. The molecule has 0 spiro atoms. The van der Waals surface area contributed by atoms with Gasteiger partial charge in [0.25, 0.3) is 11.5 Å². The third-order valence-electron chi connectivity index (χ3n) is 5.05. The molecule has 0 aliphatic carbocycles. The van der Waals surface area contributed by atoms with E-state index in [1.165, 1.54) is 23.1 Å². The predicted octanol–water partition coefficient (Wildman–Crippen LogP) is 2.58. The van der Waals surface area contributed by atoms with Gasteiger partial charge in [-0.15, -0.1) is 11.3 Å². The number of carbonyl (C=O) groups is 1. The smallest absolute Gasteiger partial charge is 0.271 e. The van der Waals surface area contributed by atoms with Gasteiger partial charge in [-0.05, 0) is 38.5 Å². The normalized spacial score (nSPS) is 20.0. The van der Waals surface area contributed by atoms with Crippen molar-refractivity contribution < 1.29 is 4.79 Å². The maximum absolute atomic E-state index is 13.3. The number of amides is 1. The summed E-state index contributed by atoms with van der Waals surface area (Å²) in [4.78, 5) is 30.4. The Morgan fingerprint density at radius 3 is 2.34 bits per heavy atom. The summed E-state index contributed by atoms with van der Waals surface area (Å²) in [6.07, 6.45) is 4.04. The van der Waals surface area contributed by atoms with Crippen molar-refractivity contribution in [3.8, 4) is 0 Å². The van der Waals surface area contributed by atoms with Crippen molar-refractivity contribution in [3.05, 3.63) is 55.5 Å². The summed E-state index contributed by atoms with van der Waals surface area (Å²) in [5.41, 5.74) is 3.03. The standard InChI is InChI=1S/C21H21N3O2S3/c1-4-22-14-10-8-7-9-13(14)11-12-15(22)16-18(25)23(5-2)20(28-16)17-19(26)24(6-3)21(27)29-17/h7-12H,4-6H2,1-3H3/b16-15-,20-17+. The number of carbonyl (C=O) groups excluding carboxylic acids is 1. The fourth-order valence-corrected chi connectivity index (χ4v) is 6.41. The van der Waals surface area contributed by atoms with E-state index in [2.05, 4.69) is 24.0 Å². The lowest BCUT2D eigenvalue weighted by Crippen LogP contribution is -2.36. The van der Waals surface area contributed by atoms with E-state index < -0.39 is 0 Å². The average Bonchev–Trinajstić information content (AvgIpc) is 3.21. The minimum Gasteiger partial charge on any atom is -0.340 e. The second-order valence-electron chi connectivity index (χ2n) is 6.55. The molecule has 1 aromatic carbocycles. The van der Waals surface area contributed by atoms with Gasteiger partial charge in [-0.3, -0.25) is 19.1 Å². The zero-order valence-electron chi connectivity index (χ0n) is 16.5. The van der Waals surface area contributed by atoms with Crippen molar-refractivity contribution in [1.29, 1.82) is 0 Å². The molecule has 2 aliphatic heterocycles. The van der Waals surface area contributed by atoms with E-state index in [1.54, 1.807) is 9.47 Å². The molecule has 150 valence electrons. The van der Waals surface area contributed by atoms with Crippen molar-refractivity contribution in [3.63, 3.8) is 0 Å². The zero-order chi connectivity index (χ0) is 20.7. The number of thiazole rings is 1. The van der Waals surface area contributed by atoms with Crippen LogP contribution in [0.5, 0.6) is 0 Å². The molecule has 1 saturated heterocycles. The SMILES string of the molecule is CCN1C(=O)/C(=c2\s/c(=C3/C=Cc4ccccc4N3CC)c(=O)n2CC)SC1=S. The molecule has 1 aromatic heterocycles. The topological polar surface area (TPSA) is 45.6 Å². The minimum atomic E-state index is -0.112. The Bertz CT molecular complexity index is 1220. The van der Waals surface area contributed by atoms with Gasteiger partial charge in [-0.1, -0.05) is 48.3 Å². The Morgan fingerprint density at radius 1 is 0.966 bits per heavy atom. The number of thioether (sulfide) groups is 1. The Kier molecular flexibility index (Phi) is 5.50. The van der Waals surface area contributed by atoms with Crippen molar-refractivity contribution in [2.75, 3.05) is 18.0 Å². The number of anilines is 1. The van der Waals surface area contributed by atoms with Gasteiger partial charge >= 0.3 is 0 Å². The molecule has 0 saturated carbocycles. The number of thiocarbonyl (C=S) groups is 1. The van der Waals surface area contributed by atoms with E-state index in [0.29, 0.717) is 31.5 Å². The van der Waals surface area contributed by atoms with Crippen LogP contribution in [-0.2, 0) is 11.3 Å². The molecule has 0 radical (unpaired) electrons. The number of aromatic nitrogens is 1. The number of benzene rings is 1. The second-order valence-corrected chi connectivity index (χ2v) is 9.20. The van der Waals surface area contributed by atoms with Crippen molar-refractivity contribution >= 4 is 67.9 Å². The van der Waals surface area contributed by atoms with E-state index in [1.807, 2.05) is 38.1 Å². The fraction of sp³-hybridized carbons (Fsp3) is 0.286. The molecule has 0 unspecified atom stereocenters. The number of nitrogens with zero attached hydrogens (tertiary/aromatic N) is 3. The highest BCUT2D eigenvalue weighted by atomic mass is 32.2. The number of fused-ring (bicyclic) bond motifs is 1. The Balaban J connectivity index is 2.01. The van der Waals surface area contributed by atoms with Crippen LogP contribution in [0.15, 0.2) is 35.1 Å². The maximum atomic E-state index is 13.3. The Hall–Kier alpha value is -2.16. The summed E-state index contributed by atoms with van der Waals surface area (Å²) in [7, 11) is 0. The quantitative estimate of drug-likeness (QED) is 0.683. The second kappa shape index (κ2) is 7.93. The first kappa shape index (κ1) is 20.1. The molecular formula is C21H21N3O2S3. The third-order valence-corrected chi connectivity index (χ3v) is 7.82. The first-order chi connectivity index (χ1) is 14.0. The lowest BCUT2D eigenvalue weighted by atomic mass is 10.1. The van der Waals surface area contributed by atoms with Gasteiger partial charge in [0.1, 0.15) is 18.4 Å². The van der Waals surface area contributed by atoms with E-state index in [0.717, 1.165) is 23.5 Å². The molecule has 2 aliphatic rings. The molecule has 0 atom stereocenters. The summed E-state index contributed by atoms with van der Waals surface area (Å²) in [5, 5.41) is 0. The number of hydrogen-bond donors (Lipinski definition) is 0. The van der Waals surface area contributed by atoms with Crippen LogP contribution >= 0.6 is 35.3 Å². The van der Waals surface area contributed by atoms with Gasteiger partial charge in [0.2, 0.25) is 0 Å².